The molecular formula is C20H19N5O2. The van der Waals surface area contributed by atoms with E-state index in [1.807, 2.05) is 48.5 Å². The summed E-state index contributed by atoms with van der Waals surface area (Å²) in [5.41, 5.74) is 3.70. The van der Waals surface area contributed by atoms with Crippen LogP contribution in [-0.2, 0) is 6.54 Å². The Bertz CT molecular complexity index is 1040. The molecular weight excluding hydrogens is 342 g/mol. The largest absolute Gasteiger partial charge is 0.497 e. The Morgan fingerprint density at radius 2 is 1.74 bits per heavy atom. The molecule has 0 fully saturated rings. The second-order valence-corrected chi connectivity index (χ2v) is 5.92. The molecule has 3 aromatic heterocycles. The van der Waals surface area contributed by atoms with Gasteiger partial charge in [0.1, 0.15) is 11.6 Å². The van der Waals surface area contributed by atoms with E-state index in [1.54, 1.807) is 31.1 Å². The van der Waals surface area contributed by atoms with Crippen molar-refractivity contribution in [3.05, 3.63) is 66.5 Å². The first kappa shape index (κ1) is 16.8. The third-order valence-electron chi connectivity index (χ3n) is 4.24. The number of ether oxygens (including phenoxy) is 2. The molecule has 0 radical (unpaired) electrons. The number of methoxy groups -OCH3 is 2. The highest BCUT2D eigenvalue weighted by atomic mass is 16.5. The maximum atomic E-state index is 5.19. The molecule has 4 rings (SSSR count). The molecule has 27 heavy (non-hydrogen) atoms. The summed E-state index contributed by atoms with van der Waals surface area (Å²) in [6, 6.07) is 15.5. The standard InChI is InChI=1S/C20H19N5O2/c1-26-16-6-3-14(4-7-16)11-21-18-8-9-19-22-13-17(25(19)24-18)15-5-10-20(27-2)23-12-15/h3-10,12-13H,11H2,1-2H3,(H,21,24). The fourth-order valence-corrected chi connectivity index (χ4v) is 2.75. The smallest absolute Gasteiger partial charge is 0.212 e. The van der Waals surface area contributed by atoms with Crippen LogP contribution in [0.25, 0.3) is 16.9 Å². The van der Waals surface area contributed by atoms with E-state index in [4.69, 9.17) is 9.47 Å². The lowest BCUT2D eigenvalue weighted by atomic mass is 10.2. The van der Waals surface area contributed by atoms with Crippen molar-refractivity contribution < 1.29 is 9.47 Å². The summed E-state index contributed by atoms with van der Waals surface area (Å²) in [5.74, 6) is 2.18. The van der Waals surface area contributed by atoms with Gasteiger partial charge in [0.05, 0.1) is 26.1 Å². The Hall–Kier alpha value is -3.61. The minimum absolute atomic E-state index is 0.572. The van der Waals surface area contributed by atoms with E-state index in [0.29, 0.717) is 12.4 Å². The molecule has 0 saturated heterocycles. The van der Waals surface area contributed by atoms with E-state index < -0.39 is 0 Å². The summed E-state index contributed by atoms with van der Waals surface area (Å²) in [5, 5.41) is 8.00. The third-order valence-corrected chi connectivity index (χ3v) is 4.24. The molecule has 7 nitrogen and oxygen atoms in total. The molecule has 0 atom stereocenters. The van der Waals surface area contributed by atoms with E-state index in [0.717, 1.165) is 34.0 Å². The monoisotopic (exact) mass is 361 g/mol. The Balaban J connectivity index is 1.57. The lowest BCUT2D eigenvalue weighted by Crippen LogP contribution is -2.04. The molecule has 1 aromatic carbocycles. The van der Waals surface area contributed by atoms with Crippen molar-refractivity contribution in [2.45, 2.75) is 6.54 Å². The number of hydrogen-bond acceptors (Lipinski definition) is 6. The SMILES string of the molecule is COc1ccc(CNc2ccc3ncc(-c4ccc(OC)nc4)n3n2)cc1. The van der Waals surface area contributed by atoms with Crippen molar-refractivity contribution in [2.75, 3.05) is 19.5 Å². The van der Waals surface area contributed by atoms with Gasteiger partial charge in [0.2, 0.25) is 5.88 Å². The molecule has 0 unspecified atom stereocenters. The molecule has 3 heterocycles. The van der Waals surface area contributed by atoms with Crippen LogP contribution in [-0.4, -0.2) is 33.8 Å². The van der Waals surface area contributed by atoms with E-state index in [1.165, 1.54) is 0 Å². The van der Waals surface area contributed by atoms with Crippen molar-refractivity contribution in [3.63, 3.8) is 0 Å². The van der Waals surface area contributed by atoms with Crippen molar-refractivity contribution in [1.29, 1.82) is 0 Å². The predicted molar refractivity (Wildman–Crippen MR) is 103 cm³/mol. The average molecular weight is 361 g/mol. The van der Waals surface area contributed by atoms with Crippen LogP contribution in [0.3, 0.4) is 0 Å². The zero-order valence-corrected chi connectivity index (χ0v) is 15.1. The number of anilines is 1. The molecule has 0 saturated carbocycles. The normalized spacial score (nSPS) is 10.7. The van der Waals surface area contributed by atoms with E-state index in [2.05, 4.69) is 20.4 Å². The number of nitrogens with one attached hydrogen (secondary N) is 1. The van der Waals surface area contributed by atoms with Crippen LogP contribution in [0.1, 0.15) is 5.56 Å². The predicted octanol–water partition coefficient (Wildman–Crippen LogP) is 3.42. The summed E-state index contributed by atoms with van der Waals surface area (Å²) in [4.78, 5) is 8.67. The number of nitrogens with zero attached hydrogens (tertiary/aromatic N) is 4. The number of hydrogen-bond donors (Lipinski definition) is 1. The Kier molecular flexibility index (Phi) is 4.57. The summed E-state index contributed by atoms with van der Waals surface area (Å²) >= 11 is 0. The maximum absolute atomic E-state index is 5.19. The lowest BCUT2D eigenvalue weighted by Gasteiger charge is -2.08. The molecule has 0 aliphatic heterocycles. The zero-order valence-electron chi connectivity index (χ0n) is 15.1. The Labute approximate surface area is 156 Å². The minimum atomic E-state index is 0.572. The van der Waals surface area contributed by atoms with Crippen molar-refractivity contribution in [1.82, 2.24) is 19.6 Å². The van der Waals surface area contributed by atoms with Gasteiger partial charge in [-0.15, -0.1) is 5.10 Å². The van der Waals surface area contributed by atoms with Gasteiger partial charge < -0.3 is 14.8 Å². The van der Waals surface area contributed by atoms with Crippen molar-refractivity contribution in [2.24, 2.45) is 0 Å². The first-order valence-corrected chi connectivity index (χ1v) is 8.49. The molecule has 0 spiro atoms. The van der Waals surface area contributed by atoms with E-state index in [9.17, 15) is 0 Å². The summed E-state index contributed by atoms with van der Waals surface area (Å²) < 4.78 is 12.1. The maximum Gasteiger partial charge on any atom is 0.212 e. The van der Waals surface area contributed by atoms with Crippen LogP contribution in [0.15, 0.2) is 60.9 Å². The molecule has 0 aliphatic carbocycles. The first-order chi connectivity index (χ1) is 13.3. The number of rotatable bonds is 6. The fraction of sp³-hybridized carbons (Fsp3) is 0.150. The molecule has 0 amide bonds. The molecule has 0 bridgehead atoms. The highest BCUT2D eigenvalue weighted by molar-refractivity contribution is 5.63. The van der Waals surface area contributed by atoms with Crippen LogP contribution in [0.5, 0.6) is 11.6 Å². The minimum Gasteiger partial charge on any atom is -0.497 e. The summed E-state index contributed by atoms with van der Waals surface area (Å²) in [6.07, 6.45) is 3.54. The van der Waals surface area contributed by atoms with Gasteiger partial charge in [0.25, 0.3) is 0 Å². The van der Waals surface area contributed by atoms with Gasteiger partial charge in [-0.1, -0.05) is 12.1 Å². The fourth-order valence-electron chi connectivity index (χ4n) is 2.75. The molecule has 7 heteroatoms. The Morgan fingerprint density at radius 1 is 0.889 bits per heavy atom. The van der Waals surface area contributed by atoms with Gasteiger partial charge >= 0.3 is 0 Å². The second-order valence-electron chi connectivity index (χ2n) is 5.92. The van der Waals surface area contributed by atoms with Crippen LogP contribution < -0.4 is 14.8 Å². The van der Waals surface area contributed by atoms with Gasteiger partial charge in [-0.25, -0.2) is 14.5 Å². The van der Waals surface area contributed by atoms with Gasteiger partial charge in [-0.3, -0.25) is 0 Å². The van der Waals surface area contributed by atoms with Crippen molar-refractivity contribution >= 4 is 11.5 Å². The van der Waals surface area contributed by atoms with Gasteiger partial charge in [0, 0.05) is 24.4 Å². The van der Waals surface area contributed by atoms with Gasteiger partial charge in [-0.2, -0.15) is 0 Å². The van der Waals surface area contributed by atoms with E-state index in [-0.39, 0.29) is 0 Å². The lowest BCUT2D eigenvalue weighted by molar-refractivity contribution is 0.398. The highest BCUT2D eigenvalue weighted by Crippen LogP contribution is 2.22. The number of aromatic nitrogens is 4. The van der Waals surface area contributed by atoms with Crippen LogP contribution in [0.2, 0.25) is 0 Å². The van der Waals surface area contributed by atoms with E-state index >= 15 is 0 Å². The number of pyridine rings is 1. The van der Waals surface area contributed by atoms with Gasteiger partial charge in [0.15, 0.2) is 5.65 Å². The highest BCUT2D eigenvalue weighted by Gasteiger charge is 2.09. The molecule has 136 valence electrons. The van der Waals surface area contributed by atoms with Crippen LogP contribution in [0, 0.1) is 0 Å². The summed E-state index contributed by atoms with van der Waals surface area (Å²) in [6.45, 7) is 0.663. The number of fused-ring (bicyclic) bond motifs is 1. The number of benzene rings is 1. The average Bonchev–Trinajstić information content (AvgIpc) is 3.16. The topological polar surface area (TPSA) is 73.6 Å². The summed E-state index contributed by atoms with van der Waals surface area (Å²) in [7, 11) is 3.26. The number of imidazole rings is 1. The van der Waals surface area contributed by atoms with Crippen molar-refractivity contribution in [3.8, 4) is 22.9 Å². The van der Waals surface area contributed by atoms with Crippen LogP contribution in [0.4, 0.5) is 5.82 Å². The van der Waals surface area contributed by atoms with Gasteiger partial charge in [-0.05, 0) is 35.9 Å². The third kappa shape index (κ3) is 3.52. The second kappa shape index (κ2) is 7.33. The molecule has 4 aromatic rings. The quantitative estimate of drug-likeness (QED) is 0.567. The first-order valence-electron chi connectivity index (χ1n) is 8.49. The molecule has 1 N–H and O–H groups in total. The Morgan fingerprint density at radius 3 is 2.44 bits per heavy atom. The van der Waals surface area contributed by atoms with Crippen LogP contribution >= 0.6 is 0 Å². The molecule has 0 aliphatic rings. The zero-order chi connectivity index (χ0) is 18.6.